The number of ether oxygens (including phenoxy) is 1. The molecule has 18 heavy (non-hydrogen) atoms. The quantitative estimate of drug-likeness (QED) is 0.674. The Labute approximate surface area is 112 Å². The maximum absolute atomic E-state index is 12.6. The summed E-state index contributed by atoms with van der Waals surface area (Å²) in [5.41, 5.74) is -0.175. The number of carbonyl (C=O) groups excluding carboxylic acids is 1. The molecule has 0 aromatic heterocycles. The molecule has 106 valence electrons. The molecule has 2 nitrogen and oxygen atoms in total. The molecule has 0 N–H and O–H groups in total. The molecule has 0 bridgehead atoms. The number of hydrogen-bond acceptors (Lipinski definition) is 2. The van der Waals surface area contributed by atoms with Crippen molar-refractivity contribution in [1.82, 2.24) is 0 Å². The van der Waals surface area contributed by atoms with Crippen LogP contribution in [0.5, 0.6) is 0 Å². The Balaban J connectivity index is 2.61. The number of carbonyl (C=O) groups is 1. The van der Waals surface area contributed by atoms with Crippen molar-refractivity contribution >= 4 is 5.78 Å². The summed E-state index contributed by atoms with van der Waals surface area (Å²) >= 11 is 0. The Hall–Kier alpha value is -0.370. The molecule has 0 heterocycles. The van der Waals surface area contributed by atoms with Crippen molar-refractivity contribution in [2.45, 2.75) is 78.2 Å². The van der Waals surface area contributed by atoms with Crippen molar-refractivity contribution in [2.75, 3.05) is 7.11 Å². The van der Waals surface area contributed by atoms with Crippen molar-refractivity contribution in [3.8, 4) is 0 Å². The van der Waals surface area contributed by atoms with Crippen LogP contribution >= 0.6 is 0 Å². The van der Waals surface area contributed by atoms with E-state index in [-0.39, 0.29) is 11.0 Å². The Morgan fingerprint density at radius 1 is 1.28 bits per heavy atom. The van der Waals surface area contributed by atoms with Gasteiger partial charge in [-0.1, -0.05) is 26.7 Å². The number of rotatable bonds is 7. The van der Waals surface area contributed by atoms with Crippen LogP contribution in [-0.2, 0) is 9.53 Å². The molecule has 0 amide bonds. The van der Waals surface area contributed by atoms with Crippen LogP contribution in [0.1, 0.15) is 72.6 Å². The van der Waals surface area contributed by atoms with E-state index in [2.05, 4.69) is 27.7 Å². The van der Waals surface area contributed by atoms with E-state index in [1.807, 2.05) is 0 Å². The van der Waals surface area contributed by atoms with E-state index in [0.29, 0.717) is 18.1 Å². The summed E-state index contributed by atoms with van der Waals surface area (Å²) in [4.78, 5) is 12.6. The van der Waals surface area contributed by atoms with Crippen molar-refractivity contribution < 1.29 is 9.53 Å². The Kier molecular flexibility index (Phi) is 5.39. The third-order valence-corrected chi connectivity index (χ3v) is 4.46. The van der Waals surface area contributed by atoms with Crippen molar-refractivity contribution in [3.63, 3.8) is 0 Å². The molecule has 0 atom stereocenters. The SMILES string of the molecule is COC(C)(C)CCC(=O)C1(CC(C)C)CCCC1. The van der Waals surface area contributed by atoms with E-state index in [9.17, 15) is 4.79 Å². The highest BCUT2D eigenvalue weighted by Crippen LogP contribution is 2.45. The number of hydrogen-bond donors (Lipinski definition) is 0. The fourth-order valence-corrected chi connectivity index (χ4v) is 3.21. The molecule has 1 rings (SSSR count). The molecule has 0 aromatic rings. The van der Waals surface area contributed by atoms with Gasteiger partial charge in [0.1, 0.15) is 5.78 Å². The monoisotopic (exact) mass is 254 g/mol. The van der Waals surface area contributed by atoms with Crippen LogP contribution in [0.15, 0.2) is 0 Å². The lowest BCUT2D eigenvalue weighted by molar-refractivity contribution is -0.130. The van der Waals surface area contributed by atoms with Gasteiger partial charge in [0.15, 0.2) is 0 Å². The van der Waals surface area contributed by atoms with Gasteiger partial charge in [0.05, 0.1) is 5.60 Å². The van der Waals surface area contributed by atoms with Crippen molar-refractivity contribution in [2.24, 2.45) is 11.3 Å². The molecule has 0 aromatic carbocycles. The minimum absolute atomic E-state index is 0.00200. The van der Waals surface area contributed by atoms with Crippen LogP contribution in [0.2, 0.25) is 0 Å². The second-order valence-electron chi connectivity index (χ2n) is 6.97. The highest BCUT2D eigenvalue weighted by atomic mass is 16.5. The summed E-state index contributed by atoms with van der Waals surface area (Å²) in [6, 6.07) is 0. The van der Waals surface area contributed by atoms with Crippen LogP contribution < -0.4 is 0 Å². The molecule has 0 aliphatic heterocycles. The van der Waals surface area contributed by atoms with Gasteiger partial charge in [0, 0.05) is 18.9 Å². The first-order valence-corrected chi connectivity index (χ1v) is 7.40. The third-order valence-electron chi connectivity index (χ3n) is 4.46. The molecule has 1 fully saturated rings. The molecule has 1 saturated carbocycles. The number of ketones is 1. The highest BCUT2D eigenvalue weighted by Gasteiger charge is 2.40. The van der Waals surface area contributed by atoms with Gasteiger partial charge in [-0.05, 0) is 45.4 Å². The molecule has 0 unspecified atom stereocenters. The largest absolute Gasteiger partial charge is 0.379 e. The molecule has 1 aliphatic rings. The number of methoxy groups -OCH3 is 1. The summed E-state index contributed by atoms with van der Waals surface area (Å²) in [6.45, 7) is 8.58. The normalized spacial score (nSPS) is 19.4. The lowest BCUT2D eigenvalue weighted by atomic mass is 9.73. The summed E-state index contributed by atoms with van der Waals surface area (Å²) < 4.78 is 5.41. The predicted octanol–water partition coefficient (Wildman–Crippen LogP) is 4.37. The second-order valence-corrected chi connectivity index (χ2v) is 6.97. The van der Waals surface area contributed by atoms with Gasteiger partial charge >= 0.3 is 0 Å². The first-order valence-electron chi connectivity index (χ1n) is 7.40. The minimum Gasteiger partial charge on any atom is -0.379 e. The van der Waals surface area contributed by atoms with Gasteiger partial charge in [-0.3, -0.25) is 4.79 Å². The van der Waals surface area contributed by atoms with E-state index in [1.54, 1.807) is 7.11 Å². The van der Waals surface area contributed by atoms with Crippen LogP contribution in [0.25, 0.3) is 0 Å². The summed E-state index contributed by atoms with van der Waals surface area (Å²) in [5.74, 6) is 1.10. The first kappa shape index (κ1) is 15.7. The minimum atomic E-state index is -0.173. The van der Waals surface area contributed by atoms with Crippen LogP contribution in [0, 0.1) is 11.3 Å². The third kappa shape index (κ3) is 4.08. The zero-order chi connectivity index (χ0) is 13.8. The summed E-state index contributed by atoms with van der Waals surface area (Å²) in [5, 5.41) is 0. The molecular weight excluding hydrogens is 224 g/mol. The summed E-state index contributed by atoms with van der Waals surface area (Å²) in [7, 11) is 1.73. The fraction of sp³-hybridized carbons (Fsp3) is 0.938. The van der Waals surface area contributed by atoms with Gasteiger partial charge in [-0.2, -0.15) is 0 Å². The van der Waals surface area contributed by atoms with E-state index in [1.165, 1.54) is 12.8 Å². The van der Waals surface area contributed by atoms with Crippen LogP contribution in [-0.4, -0.2) is 18.5 Å². The summed E-state index contributed by atoms with van der Waals surface area (Å²) in [6.07, 6.45) is 7.25. The topological polar surface area (TPSA) is 26.3 Å². The van der Waals surface area contributed by atoms with Gasteiger partial charge in [0.2, 0.25) is 0 Å². The Bertz CT molecular complexity index is 273. The van der Waals surface area contributed by atoms with E-state index in [4.69, 9.17) is 4.74 Å². The fourth-order valence-electron chi connectivity index (χ4n) is 3.21. The molecule has 2 heteroatoms. The van der Waals surface area contributed by atoms with Gasteiger partial charge in [-0.25, -0.2) is 0 Å². The van der Waals surface area contributed by atoms with E-state index < -0.39 is 0 Å². The standard InChI is InChI=1S/C16H30O2/c1-13(2)12-16(9-6-7-10-16)14(17)8-11-15(3,4)18-5/h13H,6-12H2,1-5H3. The molecule has 1 aliphatic carbocycles. The van der Waals surface area contributed by atoms with Gasteiger partial charge < -0.3 is 4.74 Å². The lowest BCUT2D eigenvalue weighted by Gasteiger charge is -2.31. The van der Waals surface area contributed by atoms with E-state index >= 15 is 0 Å². The second kappa shape index (κ2) is 6.18. The smallest absolute Gasteiger partial charge is 0.139 e. The van der Waals surface area contributed by atoms with E-state index in [0.717, 1.165) is 25.7 Å². The molecule has 0 radical (unpaired) electrons. The lowest BCUT2D eigenvalue weighted by Crippen LogP contribution is -2.32. The zero-order valence-electron chi connectivity index (χ0n) is 12.8. The van der Waals surface area contributed by atoms with Crippen molar-refractivity contribution in [1.29, 1.82) is 0 Å². The average Bonchev–Trinajstić information content (AvgIpc) is 2.75. The number of Topliss-reactive ketones (excluding diaryl/α,β-unsaturated/α-hetero) is 1. The molecular formula is C16H30O2. The van der Waals surface area contributed by atoms with Gasteiger partial charge in [-0.15, -0.1) is 0 Å². The van der Waals surface area contributed by atoms with Crippen molar-refractivity contribution in [3.05, 3.63) is 0 Å². The highest BCUT2D eigenvalue weighted by molar-refractivity contribution is 5.85. The zero-order valence-corrected chi connectivity index (χ0v) is 12.8. The Morgan fingerprint density at radius 3 is 2.28 bits per heavy atom. The first-order chi connectivity index (χ1) is 8.31. The molecule has 0 saturated heterocycles. The molecule has 0 spiro atoms. The van der Waals surface area contributed by atoms with Crippen LogP contribution in [0.3, 0.4) is 0 Å². The maximum Gasteiger partial charge on any atom is 0.139 e. The average molecular weight is 254 g/mol. The van der Waals surface area contributed by atoms with Gasteiger partial charge in [0.25, 0.3) is 0 Å². The Morgan fingerprint density at radius 2 is 1.83 bits per heavy atom. The maximum atomic E-state index is 12.6. The predicted molar refractivity (Wildman–Crippen MR) is 75.7 cm³/mol. The van der Waals surface area contributed by atoms with Crippen LogP contribution in [0.4, 0.5) is 0 Å².